The van der Waals surface area contributed by atoms with Gasteiger partial charge in [0, 0.05) is 27.7 Å². The fourth-order valence-electron chi connectivity index (χ4n) is 2.51. The van der Waals surface area contributed by atoms with Gasteiger partial charge in [-0.05, 0) is 5.75 Å². The summed E-state index contributed by atoms with van der Waals surface area (Å²) in [5.74, 6) is -1.69. The van der Waals surface area contributed by atoms with Crippen LogP contribution in [0.25, 0.3) is 0 Å². The van der Waals surface area contributed by atoms with Gasteiger partial charge in [-0.15, -0.1) is 11.8 Å². The van der Waals surface area contributed by atoms with Gasteiger partial charge in [-0.1, -0.05) is 6.92 Å². The molecule has 0 aliphatic carbocycles. The van der Waals surface area contributed by atoms with Crippen LogP contribution in [0.1, 0.15) is 34.6 Å². The molecule has 1 heterocycles. The van der Waals surface area contributed by atoms with E-state index >= 15 is 0 Å². The number of carbonyl (C=O) groups excluding carboxylic acids is 4. The molecule has 9 nitrogen and oxygen atoms in total. The summed E-state index contributed by atoms with van der Waals surface area (Å²) in [4.78, 5) is 45.5. The molecule has 0 radical (unpaired) electrons. The molecule has 148 valence electrons. The zero-order valence-electron chi connectivity index (χ0n) is 15.4. The van der Waals surface area contributed by atoms with Gasteiger partial charge in [0.1, 0.15) is 24.1 Å². The van der Waals surface area contributed by atoms with Crippen LogP contribution in [-0.4, -0.2) is 66.1 Å². The predicted molar refractivity (Wildman–Crippen MR) is 90.1 cm³/mol. The van der Waals surface area contributed by atoms with Crippen molar-refractivity contribution in [1.82, 2.24) is 0 Å². The summed E-state index contributed by atoms with van der Waals surface area (Å²) < 4.78 is 26.4. The van der Waals surface area contributed by atoms with Crippen molar-refractivity contribution in [2.45, 2.75) is 64.5 Å². The quantitative estimate of drug-likeness (QED) is 0.434. The zero-order valence-corrected chi connectivity index (χ0v) is 16.2. The zero-order chi connectivity index (χ0) is 19.9. The largest absolute Gasteiger partial charge is 0.462 e. The molecule has 1 aliphatic heterocycles. The van der Waals surface area contributed by atoms with E-state index in [1.807, 2.05) is 6.92 Å². The molecule has 1 fully saturated rings. The molecule has 1 rings (SSSR count). The Morgan fingerprint density at radius 3 is 2.04 bits per heavy atom. The molecular formula is C16H24O9S. The monoisotopic (exact) mass is 392 g/mol. The number of ether oxygens (including phenoxy) is 5. The van der Waals surface area contributed by atoms with Gasteiger partial charge >= 0.3 is 23.9 Å². The lowest BCUT2D eigenvalue weighted by Gasteiger charge is -2.27. The van der Waals surface area contributed by atoms with Gasteiger partial charge in [0.15, 0.2) is 6.10 Å². The molecule has 10 heteroatoms. The highest BCUT2D eigenvalue weighted by Gasteiger charge is 2.52. The number of esters is 4. The first kappa shape index (κ1) is 22.2. The van der Waals surface area contributed by atoms with E-state index in [1.54, 1.807) is 0 Å². The van der Waals surface area contributed by atoms with Gasteiger partial charge in [-0.25, -0.2) is 0 Å². The molecule has 26 heavy (non-hydrogen) atoms. The molecule has 0 saturated carbocycles. The van der Waals surface area contributed by atoms with Crippen LogP contribution < -0.4 is 0 Å². The standard InChI is InChI=1S/C16H24O9S/c1-6-26-15-14(23-10(4)19)13(25-16(15)24-11(5)20)12(22-9(3)18)7-21-8(2)17/h12-16H,6-7H2,1-5H3/t12-,13+,14+,15-,16+/m1/s1. The van der Waals surface area contributed by atoms with Gasteiger partial charge in [0.05, 0.1) is 0 Å². The van der Waals surface area contributed by atoms with Gasteiger partial charge in [0.2, 0.25) is 6.29 Å². The maximum absolute atomic E-state index is 11.5. The van der Waals surface area contributed by atoms with Crippen LogP contribution in [0.3, 0.4) is 0 Å². The van der Waals surface area contributed by atoms with E-state index in [-0.39, 0.29) is 6.61 Å². The second kappa shape index (κ2) is 10.4. The minimum Gasteiger partial charge on any atom is -0.462 e. The van der Waals surface area contributed by atoms with E-state index in [0.717, 1.165) is 0 Å². The summed E-state index contributed by atoms with van der Waals surface area (Å²) in [5, 5.41) is -0.520. The highest BCUT2D eigenvalue weighted by molar-refractivity contribution is 8.00. The van der Waals surface area contributed by atoms with E-state index in [2.05, 4.69) is 0 Å². The maximum Gasteiger partial charge on any atom is 0.304 e. The van der Waals surface area contributed by atoms with Gasteiger partial charge in [0.25, 0.3) is 0 Å². The van der Waals surface area contributed by atoms with Crippen molar-refractivity contribution >= 4 is 35.6 Å². The average Bonchev–Trinajstić information content (AvgIpc) is 2.80. The smallest absolute Gasteiger partial charge is 0.304 e. The molecule has 0 N–H and O–H groups in total. The topological polar surface area (TPSA) is 114 Å². The highest BCUT2D eigenvalue weighted by Crippen LogP contribution is 2.36. The van der Waals surface area contributed by atoms with Crippen molar-refractivity contribution in [3.63, 3.8) is 0 Å². The molecule has 0 aromatic carbocycles. The number of hydrogen-bond acceptors (Lipinski definition) is 10. The van der Waals surface area contributed by atoms with Crippen LogP contribution in [0, 0.1) is 0 Å². The third kappa shape index (κ3) is 6.83. The average molecular weight is 392 g/mol. The molecule has 0 spiro atoms. The summed E-state index contributed by atoms with van der Waals surface area (Å²) in [6, 6.07) is 0. The van der Waals surface area contributed by atoms with Crippen molar-refractivity contribution in [2.75, 3.05) is 12.4 Å². The molecule has 1 aliphatic rings. The molecular weight excluding hydrogens is 368 g/mol. The summed E-state index contributed by atoms with van der Waals surface area (Å²) in [5.41, 5.74) is 0. The number of rotatable bonds is 8. The molecule has 5 atom stereocenters. The van der Waals surface area contributed by atoms with E-state index in [1.165, 1.54) is 39.5 Å². The summed E-state index contributed by atoms with van der Waals surface area (Å²) in [6.45, 7) is 6.47. The van der Waals surface area contributed by atoms with E-state index in [4.69, 9.17) is 23.7 Å². The molecule has 0 aromatic rings. The first-order valence-corrected chi connectivity index (χ1v) is 9.12. The summed E-state index contributed by atoms with van der Waals surface area (Å²) >= 11 is 1.38. The van der Waals surface area contributed by atoms with E-state index < -0.39 is 53.7 Å². The molecule has 0 unspecified atom stereocenters. The Balaban J connectivity index is 3.12. The first-order chi connectivity index (χ1) is 12.1. The Hall–Kier alpha value is -1.81. The van der Waals surface area contributed by atoms with Crippen LogP contribution in [0.4, 0.5) is 0 Å². The lowest BCUT2D eigenvalue weighted by atomic mass is 10.1. The lowest BCUT2D eigenvalue weighted by molar-refractivity contribution is -0.194. The van der Waals surface area contributed by atoms with Crippen LogP contribution >= 0.6 is 11.8 Å². The van der Waals surface area contributed by atoms with Crippen molar-refractivity contribution < 1.29 is 42.9 Å². The van der Waals surface area contributed by atoms with Crippen LogP contribution in [0.15, 0.2) is 0 Å². The highest BCUT2D eigenvalue weighted by atomic mass is 32.2. The van der Waals surface area contributed by atoms with Gasteiger partial charge in [-0.2, -0.15) is 0 Å². The second-order valence-electron chi connectivity index (χ2n) is 5.52. The van der Waals surface area contributed by atoms with E-state index in [9.17, 15) is 19.2 Å². The van der Waals surface area contributed by atoms with Gasteiger partial charge in [-0.3, -0.25) is 19.2 Å². The fourth-order valence-corrected chi connectivity index (χ4v) is 3.57. The normalized spacial score (nSPS) is 25.9. The van der Waals surface area contributed by atoms with Gasteiger partial charge < -0.3 is 23.7 Å². The minimum absolute atomic E-state index is 0.284. The molecule has 1 saturated heterocycles. The third-order valence-corrected chi connectivity index (χ3v) is 4.49. The van der Waals surface area contributed by atoms with Crippen molar-refractivity contribution in [2.24, 2.45) is 0 Å². The summed E-state index contributed by atoms with van der Waals surface area (Å²) in [6.07, 6.45) is -3.85. The SMILES string of the molecule is CCS[C@H]1[C@@H](OC(C)=O)O[C@@H]([C@@H](COC(C)=O)OC(C)=O)[C@@H]1OC(C)=O. The first-order valence-electron chi connectivity index (χ1n) is 8.07. The maximum atomic E-state index is 11.5. The molecule has 0 amide bonds. The predicted octanol–water partition coefficient (Wildman–Crippen LogP) is 0.823. The van der Waals surface area contributed by atoms with E-state index in [0.29, 0.717) is 5.75 Å². The molecule has 0 bridgehead atoms. The second-order valence-corrected chi connectivity index (χ2v) is 6.98. The Kier molecular flexibility index (Phi) is 8.86. The third-order valence-electron chi connectivity index (χ3n) is 3.29. The molecule has 0 aromatic heterocycles. The van der Waals surface area contributed by atoms with Crippen molar-refractivity contribution in [3.8, 4) is 0 Å². The minimum atomic E-state index is -1.03. The summed E-state index contributed by atoms with van der Waals surface area (Å²) in [7, 11) is 0. The number of thioether (sulfide) groups is 1. The van der Waals surface area contributed by atoms with Crippen LogP contribution in [0.2, 0.25) is 0 Å². The fraction of sp³-hybridized carbons (Fsp3) is 0.750. The lowest BCUT2D eigenvalue weighted by Crippen LogP contribution is -2.45. The Labute approximate surface area is 156 Å². The Bertz CT molecular complexity index is 536. The van der Waals surface area contributed by atoms with Crippen LogP contribution in [0.5, 0.6) is 0 Å². The number of carbonyl (C=O) groups is 4. The Morgan fingerprint density at radius 1 is 0.962 bits per heavy atom. The van der Waals surface area contributed by atoms with Crippen LogP contribution in [-0.2, 0) is 42.9 Å². The Morgan fingerprint density at radius 2 is 1.58 bits per heavy atom. The van der Waals surface area contributed by atoms with Crippen molar-refractivity contribution in [1.29, 1.82) is 0 Å². The van der Waals surface area contributed by atoms with Crippen molar-refractivity contribution in [3.05, 3.63) is 0 Å². The number of hydrogen-bond donors (Lipinski definition) is 0.